The van der Waals surface area contributed by atoms with Crippen molar-refractivity contribution in [1.29, 1.82) is 0 Å². The van der Waals surface area contributed by atoms with Gasteiger partial charge in [-0.15, -0.1) is 0 Å². The lowest BCUT2D eigenvalue weighted by atomic mass is 10.1. The third kappa shape index (κ3) is 5.50. The molecule has 0 aromatic heterocycles. The molecule has 32 heavy (non-hydrogen) atoms. The second-order valence-corrected chi connectivity index (χ2v) is 13.2. The Labute approximate surface area is 191 Å². The van der Waals surface area contributed by atoms with E-state index in [2.05, 4.69) is 45.0 Å². The summed E-state index contributed by atoms with van der Waals surface area (Å²) in [6, 6.07) is 29.9. The van der Waals surface area contributed by atoms with Crippen LogP contribution in [0.5, 0.6) is 0 Å². The first-order chi connectivity index (χ1) is 15.3. The Morgan fingerprint density at radius 1 is 0.844 bits per heavy atom. The highest BCUT2D eigenvalue weighted by atomic mass is 28.4. The van der Waals surface area contributed by atoms with Gasteiger partial charge in [0.25, 0.3) is 8.32 Å². The molecular formula is C28H31FO2Si. The minimum absolute atomic E-state index is 0.0682. The van der Waals surface area contributed by atoms with Gasteiger partial charge in [0.1, 0.15) is 0 Å². The topological polar surface area (TPSA) is 26.3 Å². The van der Waals surface area contributed by atoms with Gasteiger partial charge in [-0.2, -0.15) is 0 Å². The molecule has 0 radical (unpaired) electrons. The number of allylic oxidation sites excluding steroid dienone is 1. The van der Waals surface area contributed by atoms with Crippen LogP contribution in [0.4, 0.5) is 4.39 Å². The second kappa shape index (κ2) is 10.7. The maximum absolute atomic E-state index is 14.4. The Bertz CT molecular complexity index is 986. The van der Waals surface area contributed by atoms with E-state index in [1.807, 2.05) is 66.7 Å². The van der Waals surface area contributed by atoms with Gasteiger partial charge < -0.3 is 4.43 Å². The van der Waals surface area contributed by atoms with Crippen LogP contribution in [-0.4, -0.2) is 20.7 Å². The Morgan fingerprint density at radius 3 is 1.78 bits per heavy atom. The zero-order chi connectivity index (χ0) is 23.0. The largest absolute Gasteiger partial charge is 0.407 e. The molecule has 0 heterocycles. The van der Waals surface area contributed by atoms with Gasteiger partial charge in [0.15, 0.2) is 11.6 Å². The zero-order valence-electron chi connectivity index (χ0n) is 19.1. The molecule has 3 aromatic carbocycles. The smallest absolute Gasteiger partial charge is 0.261 e. The average Bonchev–Trinajstić information content (AvgIpc) is 2.80. The van der Waals surface area contributed by atoms with E-state index in [1.165, 1.54) is 16.4 Å². The van der Waals surface area contributed by atoms with Crippen molar-refractivity contribution in [2.45, 2.75) is 38.7 Å². The summed E-state index contributed by atoms with van der Waals surface area (Å²) in [7, 11) is -2.65. The maximum Gasteiger partial charge on any atom is 0.261 e. The van der Waals surface area contributed by atoms with Gasteiger partial charge >= 0.3 is 0 Å². The standard InChI is InChI=1S/C28H31FO2Si/c1-28(2,3)32(24-16-9-5-10-17-24,25-18-11-6-12-19-25)31-21-13-20-26(29)27(30)22-23-14-7-4-8-15-23/h4-12,14-20H,13,21-22H2,1-3H3/b26-20-. The number of benzene rings is 3. The lowest BCUT2D eigenvalue weighted by molar-refractivity contribution is -0.116. The van der Waals surface area contributed by atoms with Crippen LogP contribution in [0.15, 0.2) is 103 Å². The SMILES string of the molecule is CC(C)(C)[Si](OCC/C=C(\F)C(=O)Cc1ccccc1)(c1ccccc1)c1ccccc1. The predicted octanol–water partition coefficient (Wildman–Crippen LogP) is 5.62. The fourth-order valence-electron chi connectivity index (χ4n) is 4.14. The first kappa shape index (κ1) is 23.8. The van der Waals surface area contributed by atoms with Crippen LogP contribution in [0.25, 0.3) is 0 Å². The Hall–Kier alpha value is -2.82. The molecule has 3 aromatic rings. The molecule has 0 aliphatic heterocycles. The van der Waals surface area contributed by atoms with Crippen LogP contribution < -0.4 is 10.4 Å². The van der Waals surface area contributed by atoms with Gasteiger partial charge in [0, 0.05) is 13.0 Å². The summed E-state index contributed by atoms with van der Waals surface area (Å²) in [4.78, 5) is 12.2. The van der Waals surface area contributed by atoms with Crippen LogP contribution >= 0.6 is 0 Å². The van der Waals surface area contributed by atoms with Gasteiger partial charge in [-0.05, 0) is 33.5 Å². The molecule has 0 saturated heterocycles. The Balaban J connectivity index is 1.79. The Kier molecular flexibility index (Phi) is 7.94. The van der Waals surface area contributed by atoms with Crippen molar-refractivity contribution in [3.8, 4) is 0 Å². The van der Waals surface area contributed by atoms with E-state index in [0.29, 0.717) is 13.0 Å². The molecule has 2 nitrogen and oxygen atoms in total. The summed E-state index contributed by atoms with van der Waals surface area (Å²) in [5, 5.41) is 2.23. The molecule has 0 spiro atoms. The molecule has 0 aliphatic carbocycles. The number of Topliss-reactive ketones (excluding diaryl/α,β-unsaturated/α-hetero) is 1. The van der Waals surface area contributed by atoms with Gasteiger partial charge in [0.2, 0.25) is 0 Å². The van der Waals surface area contributed by atoms with E-state index < -0.39 is 19.9 Å². The predicted molar refractivity (Wildman–Crippen MR) is 133 cm³/mol. The summed E-state index contributed by atoms with van der Waals surface area (Å²) in [5.41, 5.74) is 0.810. The van der Waals surface area contributed by atoms with Gasteiger partial charge in [-0.3, -0.25) is 4.79 Å². The molecule has 4 heteroatoms. The fraction of sp³-hybridized carbons (Fsp3) is 0.250. The molecule has 0 unspecified atom stereocenters. The molecule has 0 aliphatic rings. The number of hydrogen-bond acceptors (Lipinski definition) is 2. The number of carbonyl (C=O) groups is 1. The number of halogens is 1. The van der Waals surface area contributed by atoms with Gasteiger partial charge in [-0.1, -0.05) is 112 Å². The van der Waals surface area contributed by atoms with Gasteiger partial charge in [-0.25, -0.2) is 4.39 Å². The van der Waals surface area contributed by atoms with Crippen LogP contribution in [0.1, 0.15) is 32.8 Å². The molecule has 0 N–H and O–H groups in total. The molecular weight excluding hydrogens is 415 g/mol. The van der Waals surface area contributed by atoms with Crippen molar-refractivity contribution < 1.29 is 13.6 Å². The summed E-state index contributed by atoms with van der Waals surface area (Å²) >= 11 is 0. The maximum atomic E-state index is 14.4. The van der Waals surface area contributed by atoms with E-state index >= 15 is 0 Å². The fourth-order valence-corrected chi connectivity index (χ4v) is 8.72. The summed E-state index contributed by atoms with van der Waals surface area (Å²) in [5.74, 6) is -1.19. The first-order valence-corrected chi connectivity index (χ1v) is 12.9. The summed E-state index contributed by atoms with van der Waals surface area (Å²) in [6.07, 6.45) is 1.78. The highest BCUT2D eigenvalue weighted by molar-refractivity contribution is 6.99. The third-order valence-corrected chi connectivity index (χ3v) is 10.7. The van der Waals surface area contributed by atoms with E-state index in [-0.39, 0.29) is 11.5 Å². The number of carbonyl (C=O) groups excluding carboxylic acids is 1. The molecule has 0 amide bonds. The van der Waals surface area contributed by atoms with Crippen molar-refractivity contribution in [1.82, 2.24) is 0 Å². The van der Waals surface area contributed by atoms with E-state index in [4.69, 9.17) is 4.43 Å². The van der Waals surface area contributed by atoms with E-state index in [9.17, 15) is 9.18 Å². The van der Waals surface area contributed by atoms with Crippen LogP contribution in [0, 0.1) is 0 Å². The lowest BCUT2D eigenvalue weighted by Gasteiger charge is -2.43. The molecule has 0 fully saturated rings. The van der Waals surface area contributed by atoms with E-state index in [1.54, 1.807) is 0 Å². The van der Waals surface area contributed by atoms with E-state index in [0.717, 1.165) is 5.56 Å². The molecule has 0 saturated carbocycles. The highest BCUT2D eigenvalue weighted by Crippen LogP contribution is 2.36. The third-order valence-electron chi connectivity index (χ3n) is 5.65. The second-order valence-electron chi connectivity index (χ2n) is 8.94. The van der Waals surface area contributed by atoms with Crippen molar-refractivity contribution in [2.24, 2.45) is 0 Å². The minimum Gasteiger partial charge on any atom is -0.407 e. The number of rotatable bonds is 9. The van der Waals surface area contributed by atoms with Crippen LogP contribution in [-0.2, 0) is 15.6 Å². The van der Waals surface area contributed by atoms with Crippen molar-refractivity contribution in [2.75, 3.05) is 6.61 Å². The first-order valence-electron chi connectivity index (χ1n) is 11.0. The monoisotopic (exact) mass is 446 g/mol. The van der Waals surface area contributed by atoms with Crippen molar-refractivity contribution in [3.05, 3.63) is 108 Å². The molecule has 0 bridgehead atoms. The Morgan fingerprint density at radius 2 is 1.31 bits per heavy atom. The van der Waals surface area contributed by atoms with Crippen LogP contribution in [0.3, 0.4) is 0 Å². The number of ketones is 1. The zero-order valence-corrected chi connectivity index (χ0v) is 20.1. The summed E-state index contributed by atoms with van der Waals surface area (Å²) < 4.78 is 21.2. The molecule has 3 rings (SSSR count). The van der Waals surface area contributed by atoms with Crippen LogP contribution in [0.2, 0.25) is 5.04 Å². The van der Waals surface area contributed by atoms with Crippen molar-refractivity contribution >= 4 is 24.5 Å². The van der Waals surface area contributed by atoms with Gasteiger partial charge in [0.05, 0.1) is 0 Å². The summed E-state index contributed by atoms with van der Waals surface area (Å²) in [6.45, 7) is 6.97. The quantitative estimate of drug-likeness (QED) is 0.242. The normalized spacial score (nSPS) is 12.6. The molecule has 0 atom stereocenters. The number of hydrogen-bond donors (Lipinski definition) is 0. The lowest BCUT2D eigenvalue weighted by Crippen LogP contribution is -2.66. The average molecular weight is 447 g/mol. The molecule has 166 valence electrons. The van der Waals surface area contributed by atoms with Crippen molar-refractivity contribution in [3.63, 3.8) is 0 Å². The highest BCUT2D eigenvalue weighted by Gasteiger charge is 2.49. The minimum atomic E-state index is -2.65.